The molecule has 2 aromatic rings. The summed E-state index contributed by atoms with van der Waals surface area (Å²) in [6.45, 7) is 2.50. The third kappa shape index (κ3) is 1.76. The Morgan fingerprint density at radius 1 is 1.56 bits per heavy atom. The standard InChI is InChI=1S/C11H12ClN3O/c1-3-13-10(16)7-4-5-8-9(6-7)15(2)11(12)14-8/h4-6H,3H2,1-2H3,(H,13,16). The first-order valence-corrected chi connectivity index (χ1v) is 5.41. The SMILES string of the molecule is CCNC(=O)c1ccc2nc(Cl)n(C)c2c1. The normalized spacial score (nSPS) is 10.7. The molecular weight excluding hydrogens is 226 g/mol. The highest BCUT2D eigenvalue weighted by atomic mass is 35.5. The van der Waals surface area contributed by atoms with E-state index in [0.717, 1.165) is 11.0 Å². The smallest absolute Gasteiger partial charge is 0.251 e. The summed E-state index contributed by atoms with van der Waals surface area (Å²) in [6, 6.07) is 5.33. The van der Waals surface area contributed by atoms with Gasteiger partial charge in [-0.2, -0.15) is 0 Å². The number of carbonyl (C=O) groups excluding carboxylic acids is 1. The van der Waals surface area contributed by atoms with E-state index in [1.807, 2.05) is 14.0 Å². The molecule has 1 aromatic heterocycles. The fourth-order valence-corrected chi connectivity index (χ4v) is 1.75. The van der Waals surface area contributed by atoms with Gasteiger partial charge in [-0.25, -0.2) is 4.98 Å². The zero-order valence-corrected chi connectivity index (χ0v) is 9.88. The Labute approximate surface area is 98.2 Å². The summed E-state index contributed by atoms with van der Waals surface area (Å²) in [4.78, 5) is 15.8. The first-order valence-electron chi connectivity index (χ1n) is 5.03. The number of amides is 1. The molecule has 0 bridgehead atoms. The molecule has 0 unspecified atom stereocenters. The van der Waals surface area contributed by atoms with Crippen molar-refractivity contribution in [2.75, 3.05) is 6.54 Å². The van der Waals surface area contributed by atoms with Crippen molar-refractivity contribution >= 4 is 28.5 Å². The van der Waals surface area contributed by atoms with Crippen LogP contribution in [-0.2, 0) is 7.05 Å². The quantitative estimate of drug-likeness (QED) is 0.868. The number of benzene rings is 1. The minimum atomic E-state index is -0.0817. The number of aryl methyl sites for hydroxylation is 1. The highest BCUT2D eigenvalue weighted by Gasteiger charge is 2.09. The molecule has 0 atom stereocenters. The van der Waals surface area contributed by atoms with Gasteiger partial charge in [0.15, 0.2) is 0 Å². The van der Waals surface area contributed by atoms with Crippen molar-refractivity contribution in [3.8, 4) is 0 Å². The second-order valence-electron chi connectivity index (χ2n) is 3.50. The van der Waals surface area contributed by atoms with E-state index < -0.39 is 0 Å². The molecule has 5 heteroatoms. The van der Waals surface area contributed by atoms with Gasteiger partial charge in [0.25, 0.3) is 5.91 Å². The second kappa shape index (κ2) is 4.14. The van der Waals surface area contributed by atoms with Crippen LogP contribution in [0.5, 0.6) is 0 Å². The maximum atomic E-state index is 11.6. The molecule has 84 valence electrons. The lowest BCUT2D eigenvalue weighted by Gasteiger charge is -2.02. The molecule has 16 heavy (non-hydrogen) atoms. The fraction of sp³-hybridized carbons (Fsp3) is 0.273. The summed E-state index contributed by atoms with van der Waals surface area (Å²) in [5.41, 5.74) is 2.27. The lowest BCUT2D eigenvalue weighted by Crippen LogP contribution is -2.22. The van der Waals surface area contributed by atoms with E-state index in [1.54, 1.807) is 22.8 Å². The molecule has 1 aromatic carbocycles. The van der Waals surface area contributed by atoms with E-state index in [4.69, 9.17) is 11.6 Å². The maximum Gasteiger partial charge on any atom is 0.251 e. The average molecular weight is 238 g/mol. The van der Waals surface area contributed by atoms with Crippen LogP contribution in [0.25, 0.3) is 11.0 Å². The highest BCUT2D eigenvalue weighted by molar-refractivity contribution is 6.29. The highest BCUT2D eigenvalue weighted by Crippen LogP contribution is 2.19. The van der Waals surface area contributed by atoms with Crippen LogP contribution in [0.4, 0.5) is 0 Å². The lowest BCUT2D eigenvalue weighted by atomic mass is 10.2. The summed E-state index contributed by atoms with van der Waals surface area (Å²) in [7, 11) is 1.82. The number of aromatic nitrogens is 2. The zero-order valence-electron chi connectivity index (χ0n) is 9.12. The number of halogens is 1. The van der Waals surface area contributed by atoms with E-state index in [2.05, 4.69) is 10.3 Å². The Kier molecular flexibility index (Phi) is 2.83. The number of rotatable bonds is 2. The zero-order chi connectivity index (χ0) is 11.7. The predicted molar refractivity (Wildman–Crippen MR) is 63.7 cm³/mol. The monoisotopic (exact) mass is 237 g/mol. The van der Waals surface area contributed by atoms with Gasteiger partial charge in [0.2, 0.25) is 5.28 Å². The summed E-state index contributed by atoms with van der Waals surface area (Å²) in [6.07, 6.45) is 0. The minimum Gasteiger partial charge on any atom is -0.352 e. The van der Waals surface area contributed by atoms with Gasteiger partial charge in [-0.05, 0) is 36.7 Å². The summed E-state index contributed by atoms with van der Waals surface area (Å²) >= 11 is 5.90. The molecule has 0 spiro atoms. The van der Waals surface area contributed by atoms with Crippen molar-refractivity contribution in [3.05, 3.63) is 29.0 Å². The van der Waals surface area contributed by atoms with Gasteiger partial charge in [0.05, 0.1) is 11.0 Å². The Morgan fingerprint density at radius 2 is 2.31 bits per heavy atom. The van der Waals surface area contributed by atoms with Gasteiger partial charge in [0.1, 0.15) is 0 Å². The second-order valence-corrected chi connectivity index (χ2v) is 3.84. The van der Waals surface area contributed by atoms with Gasteiger partial charge < -0.3 is 9.88 Å². The largest absolute Gasteiger partial charge is 0.352 e. The van der Waals surface area contributed by atoms with E-state index in [9.17, 15) is 4.79 Å². The van der Waals surface area contributed by atoms with Gasteiger partial charge in [-0.1, -0.05) is 0 Å². The van der Waals surface area contributed by atoms with E-state index >= 15 is 0 Å². The Morgan fingerprint density at radius 3 is 3.00 bits per heavy atom. The van der Waals surface area contributed by atoms with Crippen molar-refractivity contribution in [1.29, 1.82) is 0 Å². The third-order valence-electron chi connectivity index (χ3n) is 2.43. The number of fused-ring (bicyclic) bond motifs is 1. The topological polar surface area (TPSA) is 46.9 Å². The number of nitrogens with one attached hydrogen (secondary N) is 1. The van der Waals surface area contributed by atoms with Crippen molar-refractivity contribution in [3.63, 3.8) is 0 Å². The number of nitrogens with zero attached hydrogens (tertiary/aromatic N) is 2. The molecule has 0 aliphatic rings. The molecule has 0 radical (unpaired) electrons. The molecule has 0 aliphatic heterocycles. The molecule has 2 rings (SSSR count). The van der Waals surface area contributed by atoms with Crippen LogP contribution in [-0.4, -0.2) is 22.0 Å². The molecule has 1 amide bonds. The molecular formula is C11H12ClN3O. The van der Waals surface area contributed by atoms with Crippen LogP contribution < -0.4 is 5.32 Å². The van der Waals surface area contributed by atoms with Crippen LogP contribution in [0.3, 0.4) is 0 Å². The molecule has 0 aliphatic carbocycles. The number of hydrogen-bond acceptors (Lipinski definition) is 2. The Hall–Kier alpha value is -1.55. The maximum absolute atomic E-state index is 11.6. The molecule has 0 saturated heterocycles. The van der Waals surface area contributed by atoms with Gasteiger partial charge >= 0.3 is 0 Å². The average Bonchev–Trinajstić information content (AvgIpc) is 2.55. The van der Waals surface area contributed by atoms with Crippen LogP contribution in [0.2, 0.25) is 5.28 Å². The Balaban J connectivity index is 2.50. The van der Waals surface area contributed by atoms with Crippen LogP contribution in [0.15, 0.2) is 18.2 Å². The lowest BCUT2D eigenvalue weighted by molar-refractivity contribution is 0.0956. The summed E-state index contributed by atoms with van der Waals surface area (Å²) in [5.74, 6) is -0.0817. The van der Waals surface area contributed by atoms with Crippen molar-refractivity contribution in [2.45, 2.75) is 6.92 Å². The molecule has 1 heterocycles. The van der Waals surface area contributed by atoms with Gasteiger partial charge in [0, 0.05) is 19.2 Å². The summed E-state index contributed by atoms with van der Waals surface area (Å²) < 4.78 is 1.75. The van der Waals surface area contributed by atoms with Crippen molar-refractivity contribution in [2.24, 2.45) is 7.05 Å². The van der Waals surface area contributed by atoms with Crippen molar-refractivity contribution in [1.82, 2.24) is 14.9 Å². The van der Waals surface area contributed by atoms with E-state index in [-0.39, 0.29) is 5.91 Å². The van der Waals surface area contributed by atoms with Crippen LogP contribution in [0, 0.1) is 0 Å². The van der Waals surface area contributed by atoms with Crippen LogP contribution in [0.1, 0.15) is 17.3 Å². The molecule has 0 fully saturated rings. The first kappa shape index (κ1) is 11.0. The Bertz CT molecular complexity index is 547. The van der Waals surface area contributed by atoms with Crippen LogP contribution >= 0.6 is 11.6 Å². The number of hydrogen-bond donors (Lipinski definition) is 1. The number of imidazole rings is 1. The summed E-state index contributed by atoms with van der Waals surface area (Å²) in [5, 5.41) is 3.17. The van der Waals surface area contributed by atoms with E-state index in [1.165, 1.54) is 0 Å². The minimum absolute atomic E-state index is 0.0817. The molecule has 0 saturated carbocycles. The predicted octanol–water partition coefficient (Wildman–Crippen LogP) is 1.98. The molecule has 1 N–H and O–H groups in total. The van der Waals surface area contributed by atoms with E-state index in [0.29, 0.717) is 17.4 Å². The van der Waals surface area contributed by atoms with Crippen molar-refractivity contribution < 1.29 is 4.79 Å². The van der Waals surface area contributed by atoms with Gasteiger partial charge in [-0.15, -0.1) is 0 Å². The first-order chi connectivity index (χ1) is 7.63. The fourth-order valence-electron chi connectivity index (χ4n) is 1.56. The third-order valence-corrected chi connectivity index (χ3v) is 2.76. The molecule has 4 nitrogen and oxygen atoms in total. The van der Waals surface area contributed by atoms with Gasteiger partial charge in [-0.3, -0.25) is 4.79 Å². The number of carbonyl (C=O) groups is 1.